The van der Waals surface area contributed by atoms with Crippen LogP contribution < -0.4 is 0 Å². The highest BCUT2D eigenvalue weighted by Gasteiger charge is 2.26. The lowest BCUT2D eigenvalue weighted by atomic mass is 9.83. The first-order valence-electron chi connectivity index (χ1n) is 10.8. The van der Waals surface area contributed by atoms with Gasteiger partial charge in [-0.3, -0.25) is 4.90 Å². The molecule has 4 nitrogen and oxygen atoms in total. The molecule has 2 aromatic heterocycles. The van der Waals surface area contributed by atoms with Gasteiger partial charge in [-0.2, -0.15) is 0 Å². The molecule has 0 N–H and O–H groups in total. The van der Waals surface area contributed by atoms with Gasteiger partial charge < -0.3 is 4.42 Å². The van der Waals surface area contributed by atoms with Crippen LogP contribution in [0.1, 0.15) is 29.5 Å². The molecule has 1 unspecified atom stereocenters. The number of furan rings is 1. The number of hydrogen-bond donors (Lipinski definition) is 0. The predicted octanol–water partition coefficient (Wildman–Crippen LogP) is 6.01. The van der Waals surface area contributed by atoms with Crippen molar-refractivity contribution in [2.45, 2.75) is 19.4 Å². The summed E-state index contributed by atoms with van der Waals surface area (Å²) in [6.45, 7) is 5.22. The second-order valence-corrected chi connectivity index (χ2v) is 8.26. The van der Waals surface area contributed by atoms with Crippen LogP contribution in [0.5, 0.6) is 0 Å². The number of likely N-dealkylation sites (N-methyl/N-ethyl adjacent to an activating group) is 1. The first-order chi connectivity index (χ1) is 15.3. The van der Waals surface area contributed by atoms with Crippen LogP contribution in [0.25, 0.3) is 33.3 Å². The molecule has 0 saturated carbocycles. The van der Waals surface area contributed by atoms with E-state index in [0.29, 0.717) is 5.92 Å². The lowest BCUT2D eigenvalue weighted by Gasteiger charge is -2.34. The second kappa shape index (κ2) is 7.33. The Balaban J connectivity index is 1.43. The summed E-state index contributed by atoms with van der Waals surface area (Å²) < 4.78 is 5.67. The van der Waals surface area contributed by atoms with E-state index in [2.05, 4.69) is 53.2 Å². The Bertz CT molecular complexity index is 1400. The van der Waals surface area contributed by atoms with Crippen molar-refractivity contribution in [2.75, 3.05) is 13.1 Å². The van der Waals surface area contributed by atoms with E-state index in [9.17, 15) is 0 Å². The zero-order chi connectivity index (χ0) is 20.8. The van der Waals surface area contributed by atoms with Gasteiger partial charge in [0.15, 0.2) is 5.82 Å². The van der Waals surface area contributed by atoms with E-state index in [1.54, 1.807) is 6.26 Å². The minimum absolute atomic E-state index is 0.324. The molecule has 0 amide bonds. The van der Waals surface area contributed by atoms with E-state index < -0.39 is 0 Å². The Labute approximate surface area is 181 Å². The number of benzene rings is 3. The van der Waals surface area contributed by atoms with Gasteiger partial charge in [-0.1, -0.05) is 49.4 Å². The number of para-hydroxylation sites is 1. The van der Waals surface area contributed by atoms with Crippen molar-refractivity contribution < 1.29 is 4.42 Å². The van der Waals surface area contributed by atoms with Crippen molar-refractivity contribution in [1.82, 2.24) is 14.9 Å². The summed E-state index contributed by atoms with van der Waals surface area (Å²) in [5.41, 5.74) is 7.05. The van der Waals surface area contributed by atoms with Crippen LogP contribution in [0.4, 0.5) is 0 Å². The third-order valence-corrected chi connectivity index (χ3v) is 6.43. The SMILES string of the molecule is CCN1Cc2cc(-c3ncc4ccccc4n3)ccc2C(c2ccc3ccoc3c2)C1. The van der Waals surface area contributed by atoms with Crippen LogP contribution >= 0.6 is 0 Å². The maximum Gasteiger partial charge on any atom is 0.159 e. The van der Waals surface area contributed by atoms with E-state index in [1.807, 2.05) is 36.5 Å². The summed E-state index contributed by atoms with van der Waals surface area (Å²) in [5, 5.41) is 2.21. The molecule has 4 heteroatoms. The normalized spacial score (nSPS) is 16.6. The summed E-state index contributed by atoms with van der Waals surface area (Å²) in [6, 6.07) is 23.5. The fourth-order valence-electron chi connectivity index (χ4n) is 4.71. The third kappa shape index (κ3) is 3.20. The highest BCUT2D eigenvalue weighted by Crippen LogP contribution is 2.36. The molecule has 31 heavy (non-hydrogen) atoms. The number of nitrogens with zero attached hydrogens (tertiary/aromatic N) is 3. The minimum Gasteiger partial charge on any atom is -0.464 e. The topological polar surface area (TPSA) is 42.2 Å². The van der Waals surface area contributed by atoms with Gasteiger partial charge in [0.05, 0.1) is 11.8 Å². The van der Waals surface area contributed by atoms with Crippen molar-refractivity contribution >= 4 is 21.9 Å². The fourth-order valence-corrected chi connectivity index (χ4v) is 4.71. The van der Waals surface area contributed by atoms with Crippen molar-refractivity contribution in [3.63, 3.8) is 0 Å². The van der Waals surface area contributed by atoms with E-state index in [0.717, 1.165) is 52.9 Å². The molecular weight excluding hydrogens is 382 g/mol. The molecule has 0 fully saturated rings. The Morgan fingerprint density at radius 2 is 1.94 bits per heavy atom. The maximum absolute atomic E-state index is 5.67. The molecule has 6 rings (SSSR count). The molecule has 0 saturated heterocycles. The van der Waals surface area contributed by atoms with Crippen molar-refractivity contribution in [3.8, 4) is 11.4 Å². The Morgan fingerprint density at radius 3 is 2.87 bits per heavy atom. The first-order valence-corrected chi connectivity index (χ1v) is 10.8. The van der Waals surface area contributed by atoms with Crippen molar-refractivity contribution in [2.24, 2.45) is 0 Å². The molecule has 1 atom stereocenters. The molecule has 1 aliphatic heterocycles. The summed E-state index contributed by atoms with van der Waals surface area (Å²) in [4.78, 5) is 11.9. The largest absolute Gasteiger partial charge is 0.464 e. The van der Waals surface area contributed by atoms with E-state index >= 15 is 0 Å². The summed E-state index contributed by atoms with van der Waals surface area (Å²) in [7, 11) is 0. The summed E-state index contributed by atoms with van der Waals surface area (Å²) in [6.07, 6.45) is 3.67. The van der Waals surface area contributed by atoms with E-state index in [-0.39, 0.29) is 0 Å². The Kier molecular flexibility index (Phi) is 4.32. The molecule has 3 aromatic carbocycles. The monoisotopic (exact) mass is 405 g/mol. The molecular formula is C27H23N3O. The predicted molar refractivity (Wildman–Crippen MR) is 124 cm³/mol. The molecule has 1 aliphatic rings. The minimum atomic E-state index is 0.324. The second-order valence-electron chi connectivity index (χ2n) is 8.26. The lowest BCUT2D eigenvalue weighted by Crippen LogP contribution is -2.33. The van der Waals surface area contributed by atoms with Crippen LogP contribution in [-0.4, -0.2) is 28.0 Å². The molecule has 0 radical (unpaired) electrons. The number of hydrogen-bond acceptors (Lipinski definition) is 4. The van der Waals surface area contributed by atoms with Crippen LogP contribution in [0.15, 0.2) is 83.6 Å². The quantitative estimate of drug-likeness (QED) is 0.369. The zero-order valence-electron chi connectivity index (χ0n) is 17.5. The van der Waals surface area contributed by atoms with Gasteiger partial charge in [-0.25, -0.2) is 9.97 Å². The van der Waals surface area contributed by atoms with Crippen LogP contribution in [0, 0.1) is 0 Å². The van der Waals surface area contributed by atoms with Gasteiger partial charge in [-0.05, 0) is 47.5 Å². The van der Waals surface area contributed by atoms with Gasteiger partial charge in [0.1, 0.15) is 5.58 Å². The van der Waals surface area contributed by atoms with Gasteiger partial charge in [-0.15, -0.1) is 0 Å². The number of fused-ring (bicyclic) bond motifs is 3. The third-order valence-electron chi connectivity index (χ3n) is 6.43. The molecule has 3 heterocycles. The smallest absolute Gasteiger partial charge is 0.159 e. The molecule has 0 aliphatic carbocycles. The van der Waals surface area contributed by atoms with Gasteiger partial charge in [0.25, 0.3) is 0 Å². The molecule has 5 aromatic rings. The molecule has 0 spiro atoms. The van der Waals surface area contributed by atoms with Gasteiger partial charge in [0, 0.05) is 41.5 Å². The van der Waals surface area contributed by atoms with Gasteiger partial charge >= 0.3 is 0 Å². The van der Waals surface area contributed by atoms with E-state index in [1.165, 1.54) is 16.7 Å². The standard InChI is InChI=1S/C27H23N3O/c1-2-30-16-22-13-20(27-28-15-21-5-3-4-6-25(21)29-27)9-10-23(22)24(17-30)19-8-7-18-11-12-31-26(18)14-19/h3-15,24H,2,16-17H2,1H3. The first kappa shape index (κ1) is 18.3. The van der Waals surface area contributed by atoms with Crippen LogP contribution in [-0.2, 0) is 6.54 Å². The maximum atomic E-state index is 5.67. The number of rotatable bonds is 3. The molecule has 0 bridgehead atoms. The summed E-state index contributed by atoms with van der Waals surface area (Å²) in [5.74, 6) is 1.11. The number of aromatic nitrogens is 2. The average molecular weight is 406 g/mol. The van der Waals surface area contributed by atoms with Crippen molar-refractivity contribution in [3.05, 3.63) is 95.9 Å². The van der Waals surface area contributed by atoms with Crippen LogP contribution in [0.2, 0.25) is 0 Å². The Morgan fingerprint density at radius 1 is 1.00 bits per heavy atom. The highest BCUT2D eigenvalue weighted by atomic mass is 16.3. The average Bonchev–Trinajstić information content (AvgIpc) is 3.30. The fraction of sp³-hybridized carbons (Fsp3) is 0.185. The zero-order valence-corrected chi connectivity index (χ0v) is 17.5. The highest BCUT2D eigenvalue weighted by molar-refractivity contribution is 5.80. The van der Waals surface area contributed by atoms with Gasteiger partial charge in [0.2, 0.25) is 0 Å². The van der Waals surface area contributed by atoms with E-state index in [4.69, 9.17) is 9.40 Å². The van der Waals surface area contributed by atoms with Crippen molar-refractivity contribution in [1.29, 1.82) is 0 Å². The lowest BCUT2D eigenvalue weighted by molar-refractivity contribution is 0.253. The summed E-state index contributed by atoms with van der Waals surface area (Å²) >= 11 is 0. The van der Waals surface area contributed by atoms with Crippen LogP contribution in [0.3, 0.4) is 0 Å². The molecule has 152 valence electrons. The Hall–Kier alpha value is -3.50.